The van der Waals surface area contributed by atoms with E-state index in [9.17, 15) is 0 Å². The van der Waals surface area contributed by atoms with E-state index < -0.39 is 0 Å². The molecule has 0 amide bonds. The molecule has 1 saturated carbocycles. The van der Waals surface area contributed by atoms with Crippen molar-refractivity contribution in [1.29, 1.82) is 0 Å². The Morgan fingerprint density at radius 3 is 2.69 bits per heavy atom. The number of hydrogen-bond donors (Lipinski definition) is 1. The zero-order chi connectivity index (χ0) is 9.52. The van der Waals surface area contributed by atoms with Gasteiger partial charge in [-0.15, -0.1) is 0 Å². The molecule has 2 heteroatoms. The molecular formula is C11H23NS. The van der Waals surface area contributed by atoms with Gasteiger partial charge in [0.1, 0.15) is 0 Å². The minimum Gasteiger partial charge on any atom is -0.317 e. The molecule has 0 aromatic carbocycles. The molecule has 1 aliphatic rings. The first kappa shape index (κ1) is 11.4. The number of rotatable bonds is 4. The largest absolute Gasteiger partial charge is 0.317 e. The van der Waals surface area contributed by atoms with Gasteiger partial charge in [-0.1, -0.05) is 19.3 Å². The quantitative estimate of drug-likeness (QED) is 0.702. The lowest BCUT2D eigenvalue weighted by Crippen LogP contribution is -2.32. The summed E-state index contributed by atoms with van der Waals surface area (Å²) in [4.78, 5) is 0. The van der Waals surface area contributed by atoms with Crippen LogP contribution in [0.2, 0.25) is 0 Å². The predicted octanol–water partition coefficient (Wildman–Crippen LogP) is 2.91. The summed E-state index contributed by atoms with van der Waals surface area (Å²) in [5.74, 6) is 2.28. The summed E-state index contributed by atoms with van der Waals surface area (Å²) in [5, 5.41) is 3.49. The van der Waals surface area contributed by atoms with Gasteiger partial charge >= 0.3 is 0 Å². The van der Waals surface area contributed by atoms with Gasteiger partial charge in [0.25, 0.3) is 0 Å². The van der Waals surface area contributed by atoms with Gasteiger partial charge in [-0.25, -0.2) is 0 Å². The standard InChI is InChI=1S/C11H23NS/c1-12-11-7-5-3-4-6-10(11)8-9-13-2/h10-12H,3-9H2,1-2H3. The maximum atomic E-state index is 3.49. The van der Waals surface area contributed by atoms with Crippen molar-refractivity contribution in [1.82, 2.24) is 5.32 Å². The first-order chi connectivity index (χ1) is 6.38. The molecule has 0 heterocycles. The Morgan fingerprint density at radius 1 is 1.23 bits per heavy atom. The van der Waals surface area contributed by atoms with Crippen LogP contribution in [0.5, 0.6) is 0 Å². The Bertz CT molecular complexity index is 127. The summed E-state index contributed by atoms with van der Waals surface area (Å²) >= 11 is 1.99. The van der Waals surface area contributed by atoms with Crippen molar-refractivity contribution in [3.63, 3.8) is 0 Å². The van der Waals surface area contributed by atoms with Crippen LogP contribution >= 0.6 is 11.8 Å². The van der Waals surface area contributed by atoms with Crippen LogP contribution < -0.4 is 5.32 Å². The topological polar surface area (TPSA) is 12.0 Å². The van der Waals surface area contributed by atoms with Gasteiger partial charge in [0, 0.05) is 6.04 Å². The molecule has 0 spiro atoms. The molecule has 0 aliphatic heterocycles. The van der Waals surface area contributed by atoms with Crippen molar-refractivity contribution in [2.75, 3.05) is 19.1 Å². The Kier molecular flexibility index (Phi) is 5.88. The van der Waals surface area contributed by atoms with Crippen LogP contribution in [0.4, 0.5) is 0 Å². The van der Waals surface area contributed by atoms with Crippen LogP contribution in [0.25, 0.3) is 0 Å². The molecule has 2 atom stereocenters. The molecule has 1 N–H and O–H groups in total. The molecular weight excluding hydrogens is 178 g/mol. The highest BCUT2D eigenvalue weighted by Gasteiger charge is 2.21. The Balaban J connectivity index is 2.34. The number of thioether (sulfide) groups is 1. The molecule has 0 aromatic rings. The lowest BCUT2D eigenvalue weighted by molar-refractivity contribution is 0.345. The fraction of sp³-hybridized carbons (Fsp3) is 1.00. The molecule has 0 radical (unpaired) electrons. The second-order valence-corrected chi connectivity index (χ2v) is 5.06. The maximum Gasteiger partial charge on any atom is 0.00926 e. The SMILES string of the molecule is CNC1CCCCCC1CCSC. The lowest BCUT2D eigenvalue weighted by atomic mass is 9.92. The number of nitrogens with one attached hydrogen (secondary N) is 1. The number of hydrogen-bond acceptors (Lipinski definition) is 2. The van der Waals surface area contributed by atoms with E-state index >= 15 is 0 Å². The summed E-state index contributed by atoms with van der Waals surface area (Å²) in [6.07, 6.45) is 10.8. The maximum absolute atomic E-state index is 3.49. The molecule has 0 bridgehead atoms. The van der Waals surface area contributed by atoms with Crippen molar-refractivity contribution in [3.05, 3.63) is 0 Å². The fourth-order valence-electron chi connectivity index (χ4n) is 2.38. The Hall–Kier alpha value is 0.310. The highest BCUT2D eigenvalue weighted by atomic mass is 32.2. The fourth-order valence-corrected chi connectivity index (χ4v) is 2.92. The summed E-state index contributed by atoms with van der Waals surface area (Å²) in [6.45, 7) is 0. The van der Waals surface area contributed by atoms with E-state index in [2.05, 4.69) is 18.6 Å². The van der Waals surface area contributed by atoms with E-state index in [4.69, 9.17) is 0 Å². The van der Waals surface area contributed by atoms with Crippen molar-refractivity contribution >= 4 is 11.8 Å². The molecule has 0 aromatic heterocycles. The lowest BCUT2D eigenvalue weighted by Gasteiger charge is -2.24. The summed E-state index contributed by atoms with van der Waals surface area (Å²) < 4.78 is 0. The average molecular weight is 201 g/mol. The highest BCUT2D eigenvalue weighted by molar-refractivity contribution is 7.98. The summed E-state index contributed by atoms with van der Waals surface area (Å²) in [5.41, 5.74) is 0. The highest BCUT2D eigenvalue weighted by Crippen LogP contribution is 2.26. The first-order valence-electron chi connectivity index (χ1n) is 5.54. The van der Waals surface area contributed by atoms with Crippen LogP contribution in [0.3, 0.4) is 0 Å². The molecule has 78 valence electrons. The molecule has 1 rings (SSSR count). The minimum absolute atomic E-state index is 0.801. The van der Waals surface area contributed by atoms with Crippen molar-refractivity contribution in [2.24, 2.45) is 5.92 Å². The van der Waals surface area contributed by atoms with E-state index in [0.29, 0.717) is 0 Å². The van der Waals surface area contributed by atoms with E-state index in [1.807, 2.05) is 11.8 Å². The van der Waals surface area contributed by atoms with Gasteiger partial charge in [0.2, 0.25) is 0 Å². The van der Waals surface area contributed by atoms with Crippen LogP contribution in [0.15, 0.2) is 0 Å². The van der Waals surface area contributed by atoms with E-state index in [0.717, 1.165) is 12.0 Å². The molecule has 2 unspecified atom stereocenters. The van der Waals surface area contributed by atoms with Crippen LogP contribution in [0, 0.1) is 5.92 Å². The third kappa shape index (κ3) is 3.90. The van der Waals surface area contributed by atoms with E-state index in [-0.39, 0.29) is 0 Å². The molecule has 1 aliphatic carbocycles. The third-order valence-corrected chi connectivity index (χ3v) is 3.87. The van der Waals surface area contributed by atoms with Crippen molar-refractivity contribution in [2.45, 2.75) is 44.6 Å². The monoisotopic (exact) mass is 201 g/mol. The van der Waals surface area contributed by atoms with Gasteiger partial charge in [-0.2, -0.15) is 11.8 Å². The van der Waals surface area contributed by atoms with E-state index in [1.165, 1.54) is 44.3 Å². The molecule has 1 nitrogen and oxygen atoms in total. The van der Waals surface area contributed by atoms with Crippen molar-refractivity contribution in [3.8, 4) is 0 Å². The van der Waals surface area contributed by atoms with Crippen LogP contribution in [-0.4, -0.2) is 25.1 Å². The Morgan fingerprint density at radius 2 is 2.00 bits per heavy atom. The van der Waals surface area contributed by atoms with Gasteiger partial charge < -0.3 is 5.32 Å². The zero-order valence-corrected chi connectivity index (χ0v) is 9.83. The molecule has 13 heavy (non-hydrogen) atoms. The van der Waals surface area contributed by atoms with Gasteiger partial charge in [0.15, 0.2) is 0 Å². The van der Waals surface area contributed by atoms with Gasteiger partial charge in [0.05, 0.1) is 0 Å². The van der Waals surface area contributed by atoms with E-state index in [1.54, 1.807) is 0 Å². The van der Waals surface area contributed by atoms with Crippen molar-refractivity contribution < 1.29 is 0 Å². The average Bonchev–Trinajstić information content (AvgIpc) is 2.39. The second-order valence-electron chi connectivity index (χ2n) is 4.07. The van der Waals surface area contributed by atoms with Crippen LogP contribution in [0.1, 0.15) is 38.5 Å². The smallest absolute Gasteiger partial charge is 0.00926 e. The van der Waals surface area contributed by atoms with Gasteiger partial charge in [-0.3, -0.25) is 0 Å². The predicted molar refractivity (Wildman–Crippen MR) is 62.4 cm³/mol. The first-order valence-corrected chi connectivity index (χ1v) is 6.94. The molecule has 1 fully saturated rings. The molecule has 0 saturated heterocycles. The second kappa shape index (κ2) is 6.72. The summed E-state index contributed by atoms with van der Waals surface area (Å²) in [6, 6.07) is 0.801. The minimum atomic E-state index is 0.801. The third-order valence-electron chi connectivity index (χ3n) is 3.22. The zero-order valence-electron chi connectivity index (χ0n) is 9.01. The normalized spacial score (nSPS) is 30.0. The van der Waals surface area contributed by atoms with Gasteiger partial charge in [-0.05, 0) is 44.2 Å². The Labute approximate surface area is 87.1 Å². The van der Waals surface area contributed by atoms with Crippen LogP contribution in [-0.2, 0) is 0 Å². The summed E-state index contributed by atoms with van der Waals surface area (Å²) in [7, 11) is 2.13.